The minimum absolute atomic E-state index is 0.123. The highest BCUT2D eigenvalue weighted by Crippen LogP contribution is 2.10. The summed E-state index contributed by atoms with van der Waals surface area (Å²) in [7, 11) is 0. The maximum Gasteiger partial charge on any atom is 0.266 e. The van der Waals surface area contributed by atoms with Gasteiger partial charge in [-0.1, -0.05) is 0 Å². The van der Waals surface area contributed by atoms with Crippen LogP contribution in [0.4, 0.5) is 0 Å². The fraction of sp³-hybridized carbons (Fsp3) is 0.167. The van der Waals surface area contributed by atoms with Crippen molar-refractivity contribution in [3.8, 4) is 5.69 Å². The summed E-state index contributed by atoms with van der Waals surface area (Å²) in [5.41, 5.74) is 1.48. The van der Waals surface area contributed by atoms with Gasteiger partial charge in [0.2, 0.25) is 0 Å². The monoisotopic (exact) mass is 322 g/mol. The molecule has 6 nitrogen and oxygen atoms in total. The number of carbonyl (C=O) groups is 1. The normalized spacial score (nSPS) is 10.5. The molecule has 0 bridgehead atoms. The number of amides is 1. The van der Waals surface area contributed by atoms with Crippen molar-refractivity contribution < 1.29 is 4.79 Å². The lowest BCUT2D eigenvalue weighted by molar-refractivity contribution is 0.0952. The van der Waals surface area contributed by atoms with Crippen molar-refractivity contribution >= 4 is 5.91 Å². The molecule has 1 amide bonds. The molecule has 24 heavy (non-hydrogen) atoms. The molecule has 1 N–H and O–H groups in total. The Labute approximate surface area is 139 Å². The van der Waals surface area contributed by atoms with Crippen LogP contribution in [0.3, 0.4) is 0 Å². The molecule has 122 valence electrons. The highest BCUT2D eigenvalue weighted by atomic mass is 16.1. The first kappa shape index (κ1) is 15.7. The smallest absolute Gasteiger partial charge is 0.266 e. The van der Waals surface area contributed by atoms with E-state index in [1.165, 1.54) is 10.7 Å². The van der Waals surface area contributed by atoms with E-state index >= 15 is 0 Å². The van der Waals surface area contributed by atoms with Gasteiger partial charge in [-0.3, -0.25) is 9.59 Å². The van der Waals surface area contributed by atoms with Gasteiger partial charge in [-0.2, -0.15) is 5.10 Å². The molecule has 0 saturated heterocycles. The first-order chi connectivity index (χ1) is 11.7. The number of aryl methyl sites for hydroxylation is 1. The number of rotatable bonds is 6. The van der Waals surface area contributed by atoms with Crippen molar-refractivity contribution in [1.29, 1.82) is 0 Å². The Morgan fingerprint density at radius 2 is 1.79 bits per heavy atom. The Morgan fingerprint density at radius 1 is 1.04 bits per heavy atom. The average molecular weight is 322 g/mol. The van der Waals surface area contributed by atoms with E-state index in [0.29, 0.717) is 25.1 Å². The van der Waals surface area contributed by atoms with Crippen LogP contribution in [0, 0.1) is 0 Å². The molecular formula is C18H18N4O2. The fourth-order valence-electron chi connectivity index (χ4n) is 2.38. The van der Waals surface area contributed by atoms with Gasteiger partial charge < -0.3 is 9.88 Å². The summed E-state index contributed by atoms with van der Waals surface area (Å²) in [5.74, 6) is -0.123. The van der Waals surface area contributed by atoms with Gasteiger partial charge in [0.05, 0.1) is 0 Å². The third-order valence-electron chi connectivity index (χ3n) is 3.65. The predicted octanol–water partition coefficient (Wildman–Crippen LogP) is 1.85. The van der Waals surface area contributed by atoms with Gasteiger partial charge in [0, 0.05) is 49.0 Å². The lowest BCUT2D eigenvalue weighted by Gasteiger charge is -2.07. The van der Waals surface area contributed by atoms with Gasteiger partial charge >= 0.3 is 0 Å². The summed E-state index contributed by atoms with van der Waals surface area (Å²) in [6.45, 7) is 0.966. The molecule has 0 atom stereocenters. The van der Waals surface area contributed by atoms with E-state index in [9.17, 15) is 9.59 Å². The van der Waals surface area contributed by atoms with Crippen LogP contribution in [0.2, 0.25) is 0 Å². The van der Waals surface area contributed by atoms with Gasteiger partial charge in [0.25, 0.3) is 11.5 Å². The van der Waals surface area contributed by atoms with Crippen molar-refractivity contribution in [2.75, 3.05) is 6.54 Å². The maximum atomic E-state index is 12.1. The Morgan fingerprint density at radius 3 is 2.50 bits per heavy atom. The third kappa shape index (κ3) is 3.78. The van der Waals surface area contributed by atoms with Crippen LogP contribution in [-0.2, 0) is 6.54 Å². The number of hydrogen-bond acceptors (Lipinski definition) is 3. The Kier molecular flexibility index (Phi) is 4.86. The van der Waals surface area contributed by atoms with Crippen molar-refractivity contribution in [1.82, 2.24) is 19.7 Å². The van der Waals surface area contributed by atoms with Crippen LogP contribution in [0.1, 0.15) is 16.8 Å². The molecule has 3 rings (SSSR count). The van der Waals surface area contributed by atoms with Crippen LogP contribution >= 0.6 is 0 Å². The van der Waals surface area contributed by atoms with Crippen LogP contribution in [0.5, 0.6) is 0 Å². The summed E-state index contributed by atoms with van der Waals surface area (Å²) in [6, 6.07) is 14.4. The quantitative estimate of drug-likeness (QED) is 0.704. The van der Waals surface area contributed by atoms with Gasteiger partial charge in [0.1, 0.15) is 0 Å². The van der Waals surface area contributed by atoms with Gasteiger partial charge in [-0.05, 0) is 48.9 Å². The van der Waals surface area contributed by atoms with Crippen LogP contribution in [0.25, 0.3) is 5.69 Å². The number of benzene rings is 1. The first-order valence-electron chi connectivity index (χ1n) is 7.78. The van der Waals surface area contributed by atoms with Crippen molar-refractivity contribution in [3.63, 3.8) is 0 Å². The minimum Gasteiger partial charge on any atom is -0.352 e. The van der Waals surface area contributed by atoms with Gasteiger partial charge in [0.15, 0.2) is 0 Å². The second-order valence-corrected chi connectivity index (χ2v) is 5.33. The standard InChI is InChI=1S/C18H18N4O2/c23-17-5-3-11-20-22(17)14-4-10-19-18(24)15-6-8-16(9-7-15)21-12-1-2-13-21/h1-3,5-9,11-13H,4,10,14H2,(H,19,24). The highest BCUT2D eigenvalue weighted by Gasteiger charge is 2.05. The lowest BCUT2D eigenvalue weighted by atomic mass is 10.2. The summed E-state index contributed by atoms with van der Waals surface area (Å²) in [6.07, 6.45) is 6.12. The average Bonchev–Trinajstić information content (AvgIpc) is 3.15. The van der Waals surface area contributed by atoms with E-state index in [2.05, 4.69) is 10.4 Å². The maximum absolute atomic E-state index is 12.1. The Bertz CT molecular complexity index is 851. The zero-order valence-electron chi connectivity index (χ0n) is 13.1. The number of hydrogen-bond donors (Lipinski definition) is 1. The summed E-state index contributed by atoms with van der Waals surface area (Å²) in [4.78, 5) is 23.6. The molecular weight excluding hydrogens is 304 g/mol. The summed E-state index contributed by atoms with van der Waals surface area (Å²) < 4.78 is 3.37. The zero-order chi connectivity index (χ0) is 16.8. The van der Waals surface area contributed by atoms with E-state index in [0.717, 1.165) is 5.69 Å². The van der Waals surface area contributed by atoms with Crippen molar-refractivity contribution in [3.05, 3.63) is 83.0 Å². The van der Waals surface area contributed by atoms with Crippen molar-refractivity contribution in [2.45, 2.75) is 13.0 Å². The van der Waals surface area contributed by atoms with Crippen LogP contribution < -0.4 is 10.9 Å². The van der Waals surface area contributed by atoms with Crippen molar-refractivity contribution in [2.24, 2.45) is 0 Å². The second kappa shape index (κ2) is 7.41. The fourth-order valence-corrected chi connectivity index (χ4v) is 2.38. The first-order valence-corrected chi connectivity index (χ1v) is 7.78. The Hall–Kier alpha value is -3.15. The van der Waals surface area contributed by atoms with E-state index < -0.39 is 0 Å². The molecule has 0 aliphatic rings. The van der Waals surface area contributed by atoms with Gasteiger partial charge in [-0.15, -0.1) is 0 Å². The summed E-state index contributed by atoms with van der Waals surface area (Å²) >= 11 is 0. The molecule has 6 heteroatoms. The number of nitrogens with zero attached hydrogens (tertiary/aromatic N) is 3. The molecule has 1 aromatic carbocycles. The van der Waals surface area contributed by atoms with E-state index in [1.807, 2.05) is 41.2 Å². The van der Waals surface area contributed by atoms with Crippen LogP contribution in [0.15, 0.2) is 71.9 Å². The zero-order valence-corrected chi connectivity index (χ0v) is 13.1. The lowest BCUT2D eigenvalue weighted by Crippen LogP contribution is -2.27. The molecule has 2 heterocycles. The molecule has 0 unspecified atom stereocenters. The number of nitrogens with one attached hydrogen (secondary N) is 1. The van der Waals surface area contributed by atoms with E-state index in [1.54, 1.807) is 24.4 Å². The topological polar surface area (TPSA) is 68.9 Å². The molecule has 0 saturated carbocycles. The number of aromatic nitrogens is 3. The second-order valence-electron chi connectivity index (χ2n) is 5.33. The summed E-state index contributed by atoms with van der Waals surface area (Å²) in [5, 5.41) is 6.83. The molecule has 0 radical (unpaired) electrons. The molecule has 0 fully saturated rings. The third-order valence-corrected chi connectivity index (χ3v) is 3.65. The highest BCUT2D eigenvalue weighted by molar-refractivity contribution is 5.94. The molecule has 0 aliphatic carbocycles. The Balaban J connectivity index is 1.50. The van der Waals surface area contributed by atoms with Crippen LogP contribution in [-0.4, -0.2) is 26.8 Å². The molecule has 2 aromatic heterocycles. The predicted molar refractivity (Wildman–Crippen MR) is 91.2 cm³/mol. The molecule has 0 spiro atoms. The van der Waals surface area contributed by atoms with Gasteiger partial charge in [-0.25, -0.2) is 4.68 Å². The molecule has 3 aromatic rings. The largest absolute Gasteiger partial charge is 0.352 e. The SMILES string of the molecule is O=C(NCCCn1ncccc1=O)c1ccc(-n2cccc2)cc1. The number of carbonyl (C=O) groups excluding carboxylic acids is 1. The van der Waals surface area contributed by atoms with E-state index in [-0.39, 0.29) is 11.5 Å². The molecule has 0 aliphatic heterocycles. The van der Waals surface area contributed by atoms with E-state index in [4.69, 9.17) is 0 Å². The minimum atomic E-state index is -0.135.